The molecule has 0 bridgehead atoms. The highest BCUT2D eigenvalue weighted by Crippen LogP contribution is 2.17. The maximum Gasteiger partial charge on any atom is 0.254 e. The first-order valence-electron chi connectivity index (χ1n) is 7.18. The molecule has 5 heteroatoms. The van der Waals surface area contributed by atoms with Crippen LogP contribution in [0.4, 0.5) is 4.39 Å². The molecule has 21 heavy (non-hydrogen) atoms. The quantitative estimate of drug-likeness (QED) is 0.918. The van der Waals surface area contributed by atoms with Crippen molar-refractivity contribution in [3.8, 4) is 5.69 Å². The molecule has 0 saturated carbocycles. The van der Waals surface area contributed by atoms with Crippen LogP contribution in [0.25, 0.3) is 5.69 Å². The van der Waals surface area contributed by atoms with Crippen molar-refractivity contribution in [2.75, 3.05) is 0 Å². The highest BCUT2D eigenvalue weighted by molar-refractivity contribution is 5.95. The Morgan fingerprint density at radius 1 is 1.33 bits per heavy atom. The highest BCUT2D eigenvalue weighted by Gasteiger charge is 2.18. The van der Waals surface area contributed by atoms with Crippen LogP contribution in [0.5, 0.6) is 0 Å². The number of halogens is 1. The third-order valence-electron chi connectivity index (χ3n) is 3.66. The van der Waals surface area contributed by atoms with E-state index >= 15 is 0 Å². The standard InChI is InChI=1S/C16H20FN3O/c1-4-12(5-2)19-16(21)13-10-18-20(11(13)3)15-9-7-6-8-14(15)17/h6-10,12H,4-5H2,1-3H3,(H,19,21). The highest BCUT2D eigenvalue weighted by atomic mass is 19.1. The largest absolute Gasteiger partial charge is 0.349 e. The van der Waals surface area contributed by atoms with E-state index in [4.69, 9.17) is 0 Å². The van der Waals surface area contributed by atoms with Crippen molar-refractivity contribution in [2.24, 2.45) is 0 Å². The Bertz CT molecular complexity index is 632. The zero-order valence-electron chi connectivity index (χ0n) is 12.6. The predicted molar refractivity (Wildman–Crippen MR) is 80.1 cm³/mol. The lowest BCUT2D eigenvalue weighted by molar-refractivity contribution is 0.0934. The van der Waals surface area contributed by atoms with Crippen LogP contribution in [-0.2, 0) is 0 Å². The molecule has 1 heterocycles. The number of hydrogen-bond acceptors (Lipinski definition) is 2. The Labute approximate surface area is 124 Å². The van der Waals surface area contributed by atoms with E-state index in [0.29, 0.717) is 16.9 Å². The fourth-order valence-corrected chi connectivity index (χ4v) is 2.25. The molecule has 0 aliphatic heterocycles. The molecule has 0 aliphatic rings. The molecule has 0 atom stereocenters. The van der Waals surface area contributed by atoms with Gasteiger partial charge in [-0.15, -0.1) is 0 Å². The van der Waals surface area contributed by atoms with Gasteiger partial charge in [-0.1, -0.05) is 26.0 Å². The second-order valence-corrected chi connectivity index (χ2v) is 4.99. The molecule has 4 nitrogen and oxygen atoms in total. The van der Waals surface area contributed by atoms with E-state index in [-0.39, 0.29) is 17.8 Å². The number of carbonyl (C=O) groups is 1. The Kier molecular flexibility index (Phi) is 4.73. The van der Waals surface area contributed by atoms with E-state index in [2.05, 4.69) is 10.4 Å². The summed E-state index contributed by atoms with van der Waals surface area (Å²) in [5.41, 5.74) is 1.45. The van der Waals surface area contributed by atoms with Gasteiger partial charge in [-0.25, -0.2) is 9.07 Å². The van der Waals surface area contributed by atoms with Gasteiger partial charge in [0.15, 0.2) is 0 Å². The number of aromatic nitrogens is 2. The summed E-state index contributed by atoms with van der Waals surface area (Å²) in [6, 6.07) is 6.52. The minimum atomic E-state index is -0.365. The van der Waals surface area contributed by atoms with Gasteiger partial charge in [-0.05, 0) is 31.9 Å². The summed E-state index contributed by atoms with van der Waals surface area (Å²) in [7, 11) is 0. The average Bonchev–Trinajstić information content (AvgIpc) is 2.87. The van der Waals surface area contributed by atoms with Gasteiger partial charge in [0.25, 0.3) is 5.91 Å². The number of hydrogen-bond donors (Lipinski definition) is 1. The minimum Gasteiger partial charge on any atom is -0.349 e. The number of nitrogens with one attached hydrogen (secondary N) is 1. The van der Waals surface area contributed by atoms with E-state index < -0.39 is 0 Å². The summed E-state index contributed by atoms with van der Waals surface area (Å²) in [6.07, 6.45) is 3.24. The molecule has 2 rings (SSSR count). The van der Waals surface area contributed by atoms with Gasteiger partial charge in [0.2, 0.25) is 0 Å². The van der Waals surface area contributed by atoms with Crippen LogP contribution >= 0.6 is 0 Å². The van der Waals surface area contributed by atoms with Crippen LogP contribution in [0, 0.1) is 12.7 Å². The lowest BCUT2D eigenvalue weighted by atomic mass is 10.1. The molecule has 0 unspecified atom stereocenters. The summed E-state index contributed by atoms with van der Waals surface area (Å²) in [5.74, 6) is -0.528. The van der Waals surface area contributed by atoms with Crippen LogP contribution in [0.3, 0.4) is 0 Å². The molecule has 0 fully saturated rings. The number of para-hydroxylation sites is 1. The second-order valence-electron chi connectivity index (χ2n) is 4.99. The van der Waals surface area contributed by atoms with Gasteiger partial charge >= 0.3 is 0 Å². The number of amides is 1. The number of benzene rings is 1. The molecule has 0 radical (unpaired) electrons. The van der Waals surface area contributed by atoms with Crippen LogP contribution in [-0.4, -0.2) is 21.7 Å². The summed E-state index contributed by atoms with van der Waals surface area (Å²) in [6.45, 7) is 5.83. The molecule has 1 amide bonds. The van der Waals surface area contributed by atoms with Crippen molar-refractivity contribution in [1.29, 1.82) is 0 Å². The molecule has 1 N–H and O–H groups in total. The van der Waals surface area contributed by atoms with Crippen LogP contribution in [0.2, 0.25) is 0 Å². The van der Waals surface area contributed by atoms with E-state index in [1.165, 1.54) is 16.9 Å². The van der Waals surface area contributed by atoms with E-state index in [0.717, 1.165) is 12.8 Å². The molecule has 1 aromatic carbocycles. The summed E-state index contributed by atoms with van der Waals surface area (Å²) >= 11 is 0. The number of carbonyl (C=O) groups excluding carboxylic acids is 1. The normalized spacial score (nSPS) is 10.9. The lowest BCUT2D eigenvalue weighted by Crippen LogP contribution is -2.34. The van der Waals surface area contributed by atoms with Crippen molar-refractivity contribution >= 4 is 5.91 Å². The SMILES string of the molecule is CCC(CC)NC(=O)c1cnn(-c2ccccc2F)c1C. The third-order valence-corrected chi connectivity index (χ3v) is 3.66. The average molecular weight is 289 g/mol. The maximum atomic E-state index is 13.8. The molecule has 112 valence electrons. The van der Waals surface area contributed by atoms with E-state index in [9.17, 15) is 9.18 Å². The van der Waals surface area contributed by atoms with Gasteiger partial charge in [0, 0.05) is 6.04 Å². The zero-order valence-corrected chi connectivity index (χ0v) is 12.6. The topological polar surface area (TPSA) is 46.9 Å². The van der Waals surface area contributed by atoms with Gasteiger partial charge in [-0.3, -0.25) is 4.79 Å². The predicted octanol–water partition coefficient (Wildman–Crippen LogP) is 3.24. The zero-order chi connectivity index (χ0) is 15.4. The van der Waals surface area contributed by atoms with Crippen molar-refractivity contribution in [2.45, 2.75) is 39.7 Å². The molecular weight excluding hydrogens is 269 g/mol. The molecular formula is C16H20FN3O. The van der Waals surface area contributed by atoms with Gasteiger partial charge in [0.1, 0.15) is 11.5 Å². The summed E-state index contributed by atoms with van der Waals surface area (Å²) in [4.78, 5) is 12.3. The maximum absolute atomic E-state index is 13.8. The minimum absolute atomic E-state index is 0.147. The first-order valence-corrected chi connectivity index (χ1v) is 7.18. The van der Waals surface area contributed by atoms with Gasteiger partial charge < -0.3 is 5.32 Å². The first kappa shape index (κ1) is 15.2. The number of nitrogens with zero attached hydrogens (tertiary/aromatic N) is 2. The van der Waals surface area contributed by atoms with Gasteiger partial charge in [0.05, 0.1) is 17.5 Å². The van der Waals surface area contributed by atoms with Crippen molar-refractivity contribution in [3.63, 3.8) is 0 Å². The van der Waals surface area contributed by atoms with Crippen molar-refractivity contribution in [1.82, 2.24) is 15.1 Å². The molecule has 1 aromatic heterocycles. The summed E-state index contributed by atoms with van der Waals surface area (Å²) in [5, 5.41) is 7.11. The Morgan fingerprint density at radius 3 is 2.62 bits per heavy atom. The number of rotatable bonds is 5. The Morgan fingerprint density at radius 2 is 2.00 bits per heavy atom. The third kappa shape index (κ3) is 3.12. The molecule has 0 spiro atoms. The Hall–Kier alpha value is -2.17. The van der Waals surface area contributed by atoms with Crippen molar-refractivity contribution in [3.05, 3.63) is 47.5 Å². The van der Waals surface area contributed by atoms with E-state index in [1.807, 2.05) is 13.8 Å². The second kappa shape index (κ2) is 6.52. The van der Waals surface area contributed by atoms with Crippen LogP contribution in [0.1, 0.15) is 42.7 Å². The molecule has 2 aromatic rings. The monoisotopic (exact) mass is 289 g/mol. The van der Waals surface area contributed by atoms with E-state index in [1.54, 1.807) is 25.1 Å². The first-order chi connectivity index (χ1) is 10.1. The fourth-order valence-electron chi connectivity index (χ4n) is 2.25. The molecule has 0 saturated heterocycles. The van der Waals surface area contributed by atoms with Crippen molar-refractivity contribution < 1.29 is 9.18 Å². The lowest BCUT2D eigenvalue weighted by Gasteiger charge is -2.14. The van der Waals surface area contributed by atoms with Crippen LogP contribution < -0.4 is 5.32 Å². The Balaban J connectivity index is 2.29. The van der Waals surface area contributed by atoms with Gasteiger partial charge in [-0.2, -0.15) is 5.10 Å². The molecule has 0 aliphatic carbocycles. The summed E-state index contributed by atoms with van der Waals surface area (Å²) < 4.78 is 15.3. The smallest absolute Gasteiger partial charge is 0.254 e. The van der Waals surface area contributed by atoms with Crippen LogP contribution in [0.15, 0.2) is 30.5 Å². The fraction of sp³-hybridized carbons (Fsp3) is 0.375.